The number of methoxy groups -OCH3 is 1. The van der Waals surface area contributed by atoms with E-state index in [1.165, 1.54) is 17.4 Å². The van der Waals surface area contributed by atoms with E-state index in [4.69, 9.17) is 4.74 Å². The van der Waals surface area contributed by atoms with Crippen LogP contribution in [0.2, 0.25) is 0 Å². The molecule has 0 aliphatic carbocycles. The summed E-state index contributed by atoms with van der Waals surface area (Å²) in [5.74, 6) is 0.682. The minimum atomic E-state index is -0.769. The highest BCUT2D eigenvalue weighted by Gasteiger charge is 2.18. The van der Waals surface area contributed by atoms with Crippen LogP contribution in [-0.2, 0) is 6.42 Å². The van der Waals surface area contributed by atoms with Crippen LogP contribution in [0.15, 0.2) is 35.7 Å². The van der Waals surface area contributed by atoms with Crippen LogP contribution in [0, 0.1) is 10.1 Å². The maximum absolute atomic E-state index is 10.9. The lowest BCUT2D eigenvalue weighted by Crippen LogP contribution is -2.02. The Morgan fingerprint density at radius 3 is 2.84 bits per heavy atom. The number of hydrogen-bond acceptors (Lipinski definition) is 5. The van der Waals surface area contributed by atoms with E-state index in [1.807, 2.05) is 0 Å². The number of thiophene rings is 1. The summed E-state index contributed by atoms with van der Waals surface area (Å²) in [4.78, 5) is 11.2. The zero-order valence-corrected chi connectivity index (χ0v) is 11.1. The molecule has 2 rings (SSSR count). The summed E-state index contributed by atoms with van der Waals surface area (Å²) in [6.45, 7) is 0. The lowest BCUT2D eigenvalue weighted by Gasteiger charge is -2.08. The van der Waals surface area contributed by atoms with E-state index in [1.54, 1.807) is 36.8 Å². The predicted molar refractivity (Wildman–Crippen MR) is 72.6 cm³/mol. The average molecular weight is 279 g/mol. The second-order valence-corrected chi connectivity index (χ2v) is 4.94. The Morgan fingerprint density at radius 2 is 2.21 bits per heavy atom. The van der Waals surface area contributed by atoms with Gasteiger partial charge in [-0.25, -0.2) is 0 Å². The number of rotatable bonds is 5. The first-order valence-corrected chi connectivity index (χ1v) is 6.52. The molecule has 1 aromatic heterocycles. The van der Waals surface area contributed by atoms with Crippen molar-refractivity contribution in [3.05, 3.63) is 56.3 Å². The maximum Gasteiger partial charge on any atom is 0.272 e. The minimum Gasteiger partial charge on any atom is -0.496 e. The van der Waals surface area contributed by atoms with Gasteiger partial charge in [-0.2, -0.15) is 0 Å². The molecule has 1 unspecified atom stereocenters. The van der Waals surface area contributed by atoms with E-state index >= 15 is 0 Å². The summed E-state index contributed by atoms with van der Waals surface area (Å²) in [7, 11) is 1.56. The molecular weight excluding hydrogens is 266 g/mol. The molecule has 1 atom stereocenters. The molecule has 5 nitrogen and oxygen atoms in total. The number of benzene rings is 1. The fourth-order valence-electron chi connectivity index (χ4n) is 1.79. The number of hydrogen-bond donors (Lipinski definition) is 1. The second kappa shape index (κ2) is 5.81. The normalized spacial score (nSPS) is 12.1. The van der Waals surface area contributed by atoms with Crippen molar-refractivity contribution in [1.29, 1.82) is 0 Å². The van der Waals surface area contributed by atoms with Crippen LogP contribution in [0.25, 0.3) is 0 Å². The average Bonchev–Trinajstić information content (AvgIpc) is 2.88. The topological polar surface area (TPSA) is 72.6 Å². The van der Waals surface area contributed by atoms with E-state index in [2.05, 4.69) is 0 Å². The van der Waals surface area contributed by atoms with Gasteiger partial charge in [-0.15, -0.1) is 11.3 Å². The molecule has 0 radical (unpaired) electrons. The molecule has 100 valence electrons. The quantitative estimate of drug-likeness (QED) is 0.674. The summed E-state index contributed by atoms with van der Waals surface area (Å²) in [6, 6.07) is 8.18. The van der Waals surface area contributed by atoms with Gasteiger partial charge in [0.2, 0.25) is 0 Å². The molecule has 1 N–H and O–H groups in total. The summed E-state index contributed by atoms with van der Waals surface area (Å²) in [5.41, 5.74) is 0.553. The van der Waals surface area contributed by atoms with Crippen LogP contribution in [-0.4, -0.2) is 17.1 Å². The molecule has 1 aromatic carbocycles. The maximum atomic E-state index is 10.9. The summed E-state index contributed by atoms with van der Waals surface area (Å²) >= 11 is 1.37. The van der Waals surface area contributed by atoms with Crippen molar-refractivity contribution < 1.29 is 14.8 Å². The van der Waals surface area contributed by atoms with Gasteiger partial charge in [-0.3, -0.25) is 10.1 Å². The number of aliphatic hydroxyl groups excluding tert-OH is 1. The number of para-hydroxylation sites is 1. The molecule has 0 aliphatic heterocycles. The Hall–Kier alpha value is -1.92. The fourth-order valence-corrected chi connectivity index (χ4v) is 2.63. The van der Waals surface area contributed by atoms with Crippen molar-refractivity contribution in [3.63, 3.8) is 0 Å². The smallest absolute Gasteiger partial charge is 0.272 e. The van der Waals surface area contributed by atoms with Gasteiger partial charge in [0.25, 0.3) is 5.69 Å². The van der Waals surface area contributed by atoms with Gasteiger partial charge in [-0.1, -0.05) is 18.2 Å². The van der Waals surface area contributed by atoms with E-state index in [-0.39, 0.29) is 12.1 Å². The Labute approximate surface area is 114 Å². The third-order valence-electron chi connectivity index (χ3n) is 2.76. The standard InChI is InChI=1S/C13H13NO4S/c1-18-10-7-13(19-8-10)12(15)6-9-4-2-3-5-11(9)14(16)17/h2-5,7-8,12,15H,6H2,1H3. The first-order valence-electron chi connectivity index (χ1n) is 5.64. The monoisotopic (exact) mass is 279 g/mol. The predicted octanol–water partition coefficient (Wildman–Crippen LogP) is 2.94. The zero-order chi connectivity index (χ0) is 13.8. The van der Waals surface area contributed by atoms with Crippen molar-refractivity contribution in [3.8, 4) is 5.75 Å². The molecule has 0 saturated heterocycles. The largest absolute Gasteiger partial charge is 0.496 e. The molecule has 0 bridgehead atoms. The summed E-state index contributed by atoms with van der Waals surface area (Å²) in [6.07, 6.45) is -0.559. The van der Waals surface area contributed by atoms with Gasteiger partial charge < -0.3 is 9.84 Å². The Kier molecular flexibility index (Phi) is 4.13. The van der Waals surface area contributed by atoms with Crippen LogP contribution >= 0.6 is 11.3 Å². The van der Waals surface area contributed by atoms with Gasteiger partial charge in [0.05, 0.1) is 18.1 Å². The van der Waals surface area contributed by atoms with Gasteiger partial charge >= 0.3 is 0 Å². The first-order chi connectivity index (χ1) is 9.11. The Bertz CT molecular complexity index is 582. The van der Waals surface area contributed by atoms with E-state index in [9.17, 15) is 15.2 Å². The number of ether oxygens (including phenoxy) is 1. The van der Waals surface area contributed by atoms with Crippen molar-refractivity contribution >= 4 is 17.0 Å². The van der Waals surface area contributed by atoms with Crippen molar-refractivity contribution in [1.82, 2.24) is 0 Å². The van der Waals surface area contributed by atoms with E-state index in [0.29, 0.717) is 11.3 Å². The lowest BCUT2D eigenvalue weighted by molar-refractivity contribution is -0.385. The Balaban J connectivity index is 2.19. The molecule has 6 heteroatoms. The fraction of sp³-hybridized carbons (Fsp3) is 0.231. The SMILES string of the molecule is COc1csc(C(O)Cc2ccccc2[N+](=O)[O-])c1. The molecule has 19 heavy (non-hydrogen) atoms. The van der Waals surface area contributed by atoms with Crippen molar-refractivity contribution in [2.45, 2.75) is 12.5 Å². The van der Waals surface area contributed by atoms with Crippen molar-refractivity contribution in [2.24, 2.45) is 0 Å². The van der Waals surface area contributed by atoms with Gasteiger partial charge in [0.1, 0.15) is 5.75 Å². The van der Waals surface area contributed by atoms with E-state index < -0.39 is 11.0 Å². The van der Waals surface area contributed by atoms with Gasteiger partial charge in [-0.05, 0) is 6.07 Å². The summed E-state index contributed by atoms with van der Waals surface area (Å²) in [5, 5.41) is 22.8. The highest BCUT2D eigenvalue weighted by molar-refractivity contribution is 7.10. The van der Waals surface area contributed by atoms with Crippen LogP contribution in [0.5, 0.6) is 5.75 Å². The highest BCUT2D eigenvalue weighted by Crippen LogP contribution is 2.30. The zero-order valence-electron chi connectivity index (χ0n) is 10.3. The third kappa shape index (κ3) is 3.10. The van der Waals surface area contributed by atoms with E-state index in [0.717, 1.165) is 4.88 Å². The third-order valence-corrected chi connectivity index (χ3v) is 3.77. The Morgan fingerprint density at radius 1 is 1.47 bits per heavy atom. The molecule has 0 fully saturated rings. The number of aliphatic hydroxyl groups is 1. The van der Waals surface area contributed by atoms with Crippen molar-refractivity contribution in [2.75, 3.05) is 7.11 Å². The highest BCUT2D eigenvalue weighted by atomic mass is 32.1. The van der Waals surface area contributed by atoms with Crippen LogP contribution in [0.3, 0.4) is 0 Å². The molecular formula is C13H13NO4S. The number of nitro groups is 1. The van der Waals surface area contributed by atoms with Gasteiger partial charge in [0, 0.05) is 28.3 Å². The number of nitrogens with zero attached hydrogens (tertiary/aromatic N) is 1. The molecule has 0 saturated carbocycles. The van der Waals surface area contributed by atoms with Crippen LogP contribution in [0.1, 0.15) is 16.5 Å². The molecule has 2 aromatic rings. The molecule has 0 aliphatic rings. The molecule has 0 amide bonds. The summed E-state index contributed by atoms with van der Waals surface area (Å²) < 4.78 is 5.05. The first kappa shape index (κ1) is 13.5. The van der Waals surface area contributed by atoms with Crippen LogP contribution < -0.4 is 4.74 Å². The van der Waals surface area contributed by atoms with Gasteiger partial charge in [0.15, 0.2) is 0 Å². The molecule has 0 spiro atoms. The minimum absolute atomic E-state index is 0.0325. The number of nitro benzene ring substituents is 1. The van der Waals surface area contributed by atoms with Crippen LogP contribution in [0.4, 0.5) is 5.69 Å². The molecule has 1 heterocycles. The lowest BCUT2D eigenvalue weighted by atomic mass is 10.1. The second-order valence-electron chi connectivity index (χ2n) is 3.99.